The van der Waals surface area contributed by atoms with Crippen LogP contribution in [0.25, 0.3) is 0 Å². The quantitative estimate of drug-likeness (QED) is 0.594. The van der Waals surface area contributed by atoms with Crippen molar-refractivity contribution < 1.29 is 19.4 Å². The minimum atomic E-state index is -0.692. The first-order valence-corrected chi connectivity index (χ1v) is 9.35. The monoisotopic (exact) mass is 363 g/mol. The molecule has 3 rings (SSSR count). The molecule has 1 aromatic rings. The molecule has 7 nitrogen and oxygen atoms in total. The van der Waals surface area contributed by atoms with Crippen LogP contribution in [0, 0.1) is 5.92 Å². The first kappa shape index (κ1) is 18.9. The molecule has 0 aliphatic carbocycles. The number of carbonyl (C=O) groups excluding carboxylic acids is 1. The number of carbonyl (C=O) groups is 1. The average Bonchev–Trinajstić information content (AvgIpc) is 3.01. The summed E-state index contributed by atoms with van der Waals surface area (Å²) in [6.07, 6.45) is 1.11. The Morgan fingerprint density at radius 3 is 2.69 bits per heavy atom. The number of aliphatic hydroxyl groups excluding tert-OH is 1. The van der Waals surface area contributed by atoms with Gasteiger partial charge >= 0.3 is 6.09 Å². The third-order valence-electron chi connectivity index (χ3n) is 5.22. The first-order chi connectivity index (χ1) is 12.7. The zero-order valence-electron chi connectivity index (χ0n) is 15.2. The highest BCUT2D eigenvalue weighted by Crippen LogP contribution is 2.19. The third-order valence-corrected chi connectivity index (χ3v) is 5.22. The van der Waals surface area contributed by atoms with Gasteiger partial charge in [-0.05, 0) is 56.0 Å². The molecule has 2 aliphatic rings. The van der Waals surface area contributed by atoms with Crippen molar-refractivity contribution in [3.05, 3.63) is 29.8 Å². The number of alkyl carbamates (subject to hydrolysis) is 1. The van der Waals surface area contributed by atoms with Crippen LogP contribution in [0.3, 0.4) is 0 Å². The number of β-amino-alcohol motifs (C(OH)–C–C–N with tert-alkyl or cyclic N) is 1. The van der Waals surface area contributed by atoms with E-state index >= 15 is 0 Å². The van der Waals surface area contributed by atoms with Gasteiger partial charge in [-0.3, -0.25) is 0 Å². The molecule has 0 unspecified atom stereocenters. The molecule has 4 N–H and O–H groups in total. The fraction of sp³-hybridized carbons (Fsp3) is 0.632. The van der Waals surface area contributed by atoms with Crippen LogP contribution >= 0.6 is 0 Å². The van der Waals surface area contributed by atoms with Crippen molar-refractivity contribution in [3.8, 4) is 5.75 Å². The van der Waals surface area contributed by atoms with Gasteiger partial charge in [-0.1, -0.05) is 12.1 Å². The fourth-order valence-corrected chi connectivity index (χ4v) is 3.62. The van der Waals surface area contributed by atoms with Crippen molar-refractivity contribution in [1.82, 2.24) is 16.0 Å². The molecular formula is C19H29N3O4. The molecule has 2 heterocycles. The van der Waals surface area contributed by atoms with Gasteiger partial charge in [0.05, 0.1) is 13.2 Å². The SMILES string of the molecule is COc1ccc(C[C@H]2NC[C@H](O)[C@H]2OC(=O)NCC2CCNCC2)cc1. The van der Waals surface area contributed by atoms with E-state index in [2.05, 4.69) is 16.0 Å². The fourth-order valence-electron chi connectivity index (χ4n) is 3.62. The van der Waals surface area contributed by atoms with Gasteiger partial charge in [0, 0.05) is 13.1 Å². The smallest absolute Gasteiger partial charge is 0.407 e. The van der Waals surface area contributed by atoms with E-state index in [-0.39, 0.29) is 6.04 Å². The van der Waals surface area contributed by atoms with E-state index in [0.29, 0.717) is 25.4 Å². The van der Waals surface area contributed by atoms with Crippen molar-refractivity contribution >= 4 is 6.09 Å². The van der Waals surface area contributed by atoms with Crippen LogP contribution in [-0.4, -0.2) is 62.7 Å². The van der Waals surface area contributed by atoms with Crippen LogP contribution < -0.4 is 20.7 Å². The van der Waals surface area contributed by atoms with Gasteiger partial charge in [-0.15, -0.1) is 0 Å². The number of rotatable bonds is 6. The maximum Gasteiger partial charge on any atom is 0.407 e. The molecule has 2 fully saturated rings. The molecule has 2 aliphatic heterocycles. The van der Waals surface area contributed by atoms with Gasteiger partial charge in [-0.25, -0.2) is 4.79 Å². The number of hydrogen-bond acceptors (Lipinski definition) is 6. The standard InChI is InChI=1S/C19H29N3O4/c1-25-15-4-2-13(3-5-15)10-16-18(17(23)12-21-16)26-19(24)22-11-14-6-8-20-9-7-14/h2-5,14,16-18,20-21,23H,6-12H2,1H3,(H,22,24)/t16-,17+,18+/m1/s1. The molecule has 3 atom stereocenters. The Morgan fingerprint density at radius 1 is 1.27 bits per heavy atom. The van der Waals surface area contributed by atoms with E-state index in [1.165, 1.54) is 0 Å². The number of hydrogen-bond donors (Lipinski definition) is 4. The van der Waals surface area contributed by atoms with Gasteiger partial charge in [0.15, 0.2) is 0 Å². The summed E-state index contributed by atoms with van der Waals surface area (Å²) < 4.78 is 10.7. The molecule has 1 amide bonds. The summed E-state index contributed by atoms with van der Waals surface area (Å²) in [7, 11) is 1.64. The van der Waals surface area contributed by atoms with E-state index in [0.717, 1.165) is 37.2 Å². The van der Waals surface area contributed by atoms with Crippen LogP contribution in [0.1, 0.15) is 18.4 Å². The minimum absolute atomic E-state index is 0.108. The highest BCUT2D eigenvalue weighted by atomic mass is 16.6. The number of aliphatic hydroxyl groups is 1. The van der Waals surface area contributed by atoms with Crippen LogP contribution in [0.5, 0.6) is 5.75 Å². The summed E-state index contributed by atoms with van der Waals surface area (Å²) >= 11 is 0. The van der Waals surface area contributed by atoms with Gasteiger partial charge in [-0.2, -0.15) is 0 Å². The second-order valence-corrected chi connectivity index (χ2v) is 7.08. The Labute approximate surface area is 154 Å². The largest absolute Gasteiger partial charge is 0.497 e. The molecule has 0 radical (unpaired) electrons. The summed E-state index contributed by atoms with van der Waals surface area (Å²) in [5.41, 5.74) is 1.10. The molecule has 26 heavy (non-hydrogen) atoms. The maximum atomic E-state index is 12.2. The second-order valence-electron chi connectivity index (χ2n) is 7.08. The molecule has 7 heteroatoms. The zero-order valence-corrected chi connectivity index (χ0v) is 15.2. The summed E-state index contributed by atoms with van der Waals surface area (Å²) in [6, 6.07) is 7.67. The van der Waals surface area contributed by atoms with Crippen molar-refractivity contribution in [3.63, 3.8) is 0 Å². The van der Waals surface area contributed by atoms with Crippen molar-refractivity contribution in [1.29, 1.82) is 0 Å². The third kappa shape index (κ3) is 5.09. The van der Waals surface area contributed by atoms with Crippen molar-refractivity contribution in [2.24, 2.45) is 5.92 Å². The van der Waals surface area contributed by atoms with Crippen molar-refractivity contribution in [2.75, 3.05) is 33.3 Å². The van der Waals surface area contributed by atoms with E-state index in [4.69, 9.17) is 9.47 Å². The Hall–Kier alpha value is -1.83. The number of amides is 1. The molecule has 2 saturated heterocycles. The lowest BCUT2D eigenvalue weighted by atomic mass is 9.98. The lowest BCUT2D eigenvalue weighted by Crippen LogP contribution is -2.43. The molecule has 0 spiro atoms. The summed E-state index contributed by atoms with van der Waals surface area (Å²) in [5.74, 6) is 1.30. The number of piperidine rings is 1. The van der Waals surface area contributed by atoms with Gasteiger partial charge in [0.1, 0.15) is 18.0 Å². The highest BCUT2D eigenvalue weighted by Gasteiger charge is 2.37. The highest BCUT2D eigenvalue weighted by molar-refractivity contribution is 5.67. The van der Waals surface area contributed by atoms with E-state index in [1.54, 1.807) is 7.11 Å². The predicted octanol–water partition coefficient (Wildman–Crippen LogP) is 0.665. The maximum absolute atomic E-state index is 12.2. The Morgan fingerprint density at radius 2 is 2.00 bits per heavy atom. The van der Waals surface area contributed by atoms with E-state index in [9.17, 15) is 9.90 Å². The number of benzene rings is 1. The molecule has 1 aromatic carbocycles. The predicted molar refractivity (Wildman–Crippen MR) is 98.4 cm³/mol. The zero-order chi connectivity index (χ0) is 18.4. The minimum Gasteiger partial charge on any atom is -0.497 e. The van der Waals surface area contributed by atoms with Gasteiger partial charge in [0.25, 0.3) is 0 Å². The average molecular weight is 363 g/mol. The van der Waals surface area contributed by atoms with Gasteiger partial charge in [0.2, 0.25) is 0 Å². The number of methoxy groups -OCH3 is 1. The Kier molecular flexibility index (Phi) is 6.71. The van der Waals surface area contributed by atoms with E-state index < -0.39 is 18.3 Å². The molecule has 0 aromatic heterocycles. The summed E-state index contributed by atoms with van der Waals surface area (Å²) in [6.45, 7) is 3.04. The molecule has 0 bridgehead atoms. The molecule has 0 saturated carbocycles. The lowest BCUT2D eigenvalue weighted by molar-refractivity contribution is 0.0184. The Balaban J connectivity index is 1.49. The van der Waals surface area contributed by atoms with E-state index in [1.807, 2.05) is 24.3 Å². The van der Waals surface area contributed by atoms with Gasteiger partial charge < -0.3 is 30.5 Å². The molecular weight excluding hydrogens is 334 g/mol. The Bertz CT molecular complexity index is 575. The second kappa shape index (κ2) is 9.21. The number of nitrogens with one attached hydrogen (secondary N) is 3. The topological polar surface area (TPSA) is 91.8 Å². The van der Waals surface area contributed by atoms with Crippen LogP contribution in [-0.2, 0) is 11.2 Å². The lowest BCUT2D eigenvalue weighted by Gasteiger charge is -2.25. The summed E-state index contributed by atoms with van der Waals surface area (Å²) in [5, 5.41) is 19.6. The molecule has 144 valence electrons. The number of ether oxygens (including phenoxy) is 2. The van der Waals surface area contributed by atoms with Crippen molar-refractivity contribution in [2.45, 2.75) is 37.5 Å². The van der Waals surface area contributed by atoms with Crippen LogP contribution in [0.15, 0.2) is 24.3 Å². The normalized spacial score (nSPS) is 26.5. The first-order valence-electron chi connectivity index (χ1n) is 9.35. The van der Waals surface area contributed by atoms with Crippen LogP contribution in [0.4, 0.5) is 4.79 Å². The summed E-state index contributed by atoms with van der Waals surface area (Å²) in [4.78, 5) is 12.2. The van der Waals surface area contributed by atoms with Crippen LogP contribution in [0.2, 0.25) is 0 Å².